The Morgan fingerprint density at radius 3 is 2.38 bits per heavy atom. The summed E-state index contributed by atoms with van der Waals surface area (Å²) < 4.78 is 27.7. The summed E-state index contributed by atoms with van der Waals surface area (Å²) in [6.45, 7) is 4.53. The van der Waals surface area contributed by atoms with Gasteiger partial charge in [0.2, 0.25) is 15.9 Å². The van der Waals surface area contributed by atoms with Crippen LogP contribution in [0.2, 0.25) is 0 Å². The van der Waals surface area contributed by atoms with Gasteiger partial charge in [-0.25, -0.2) is 13.6 Å². The smallest absolute Gasteiger partial charge is 0.238 e. The number of thioether (sulfide) groups is 1. The first kappa shape index (κ1) is 23.0. The number of carbonyl (C=O) groups excluding carboxylic acids is 1. The first-order valence-electron chi connectivity index (χ1n) is 6.97. The van der Waals surface area contributed by atoms with E-state index in [0.29, 0.717) is 30.4 Å². The molecule has 1 aromatic carbocycles. The Bertz CT molecular complexity index is 616. The molecular formula is C14H24ClN3O4S2. The maximum atomic E-state index is 11.6. The topological polar surface area (TPSA) is 125 Å². The lowest BCUT2D eigenvalue weighted by atomic mass is 10.1. The molecule has 1 rings (SSSR count). The summed E-state index contributed by atoms with van der Waals surface area (Å²) in [5, 5.41) is 7.77. The van der Waals surface area contributed by atoms with E-state index >= 15 is 0 Å². The van der Waals surface area contributed by atoms with Gasteiger partial charge in [-0.15, -0.1) is 24.2 Å². The molecule has 0 spiro atoms. The number of nitrogens with one attached hydrogen (secondary N) is 1. The highest BCUT2D eigenvalue weighted by Gasteiger charge is 2.12. The number of hydrogen-bond acceptors (Lipinski definition) is 6. The van der Waals surface area contributed by atoms with Crippen LogP contribution in [0.15, 0.2) is 29.2 Å². The molecular weight excluding hydrogens is 374 g/mol. The van der Waals surface area contributed by atoms with Crippen LogP contribution in [0.3, 0.4) is 0 Å². The van der Waals surface area contributed by atoms with Crippen molar-refractivity contribution in [1.29, 1.82) is 0 Å². The third kappa shape index (κ3) is 9.99. The predicted octanol–water partition coefficient (Wildman–Crippen LogP) is 0.721. The Balaban J connectivity index is 0.00000529. The van der Waals surface area contributed by atoms with Crippen molar-refractivity contribution in [1.82, 2.24) is 5.32 Å². The van der Waals surface area contributed by atoms with Crippen molar-refractivity contribution in [3.05, 3.63) is 24.3 Å². The molecule has 10 heteroatoms. The highest BCUT2D eigenvalue weighted by atomic mass is 35.5. The number of amides is 1. The Labute approximate surface area is 153 Å². The Morgan fingerprint density at radius 2 is 1.88 bits per heavy atom. The number of nitrogens with two attached hydrogens (primary N) is 2. The van der Waals surface area contributed by atoms with Gasteiger partial charge >= 0.3 is 0 Å². The minimum atomic E-state index is -3.69. The van der Waals surface area contributed by atoms with Gasteiger partial charge in [0, 0.05) is 17.8 Å². The van der Waals surface area contributed by atoms with E-state index in [2.05, 4.69) is 5.32 Å². The molecule has 7 nitrogen and oxygen atoms in total. The molecule has 0 radical (unpaired) electrons. The first-order chi connectivity index (χ1) is 10.6. The van der Waals surface area contributed by atoms with Gasteiger partial charge in [0.05, 0.1) is 17.3 Å². The van der Waals surface area contributed by atoms with Crippen LogP contribution in [0.1, 0.15) is 13.8 Å². The molecule has 5 N–H and O–H groups in total. The lowest BCUT2D eigenvalue weighted by molar-refractivity contribution is -0.118. The SMILES string of the molecule is CC(C)(N)CNC(=O)CSCCOc1ccc(S(N)(=O)=O)cc1.Cl. The maximum Gasteiger partial charge on any atom is 0.238 e. The van der Waals surface area contributed by atoms with Crippen LogP contribution in [-0.2, 0) is 14.8 Å². The molecule has 0 bridgehead atoms. The fraction of sp³-hybridized carbons (Fsp3) is 0.500. The molecule has 0 aliphatic heterocycles. The van der Waals surface area contributed by atoms with Crippen molar-refractivity contribution in [2.45, 2.75) is 24.3 Å². The van der Waals surface area contributed by atoms with Gasteiger partial charge < -0.3 is 15.8 Å². The lowest BCUT2D eigenvalue weighted by Crippen LogP contribution is -2.45. The summed E-state index contributed by atoms with van der Waals surface area (Å²) in [5.41, 5.74) is 5.35. The van der Waals surface area contributed by atoms with E-state index in [-0.39, 0.29) is 23.2 Å². The van der Waals surface area contributed by atoms with Crippen molar-refractivity contribution in [3.8, 4) is 5.75 Å². The van der Waals surface area contributed by atoms with E-state index in [4.69, 9.17) is 15.6 Å². The third-order valence-corrected chi connectivity index (χ3v) is 4.47. The zero-order valence-electron chi connectivity index (χ0n) is 13.7. The number of carbonyl (C=O) groups is 1. The van der Waals surface area contributed by atoms with Gasteiger partial charge in [-0.05, 0) is 38.1 Å². The van der Waals surface area contributed by atoms with Gasteiger partial charge in [-0.2, -0.15) is 0 Å². The largest absolute Gasteiger partial charge is 0.493 e. The van der Waals surface area contributed by atoms with E-state index < -0.39 is 15.6 Å². The summed E-state index contributed by atoms with van der Waals surface area (Å²) in [6, 6.07) is 5.86. The van der Waals surface area contributed by atoms with Crippen LogP contribution >= 0.6 is 24.2 Å². The van der Waals surface area contributed by atoms with E-state index in [1.54, 1.807) is 12.1 Å². The van der Waals surface area contributed by atoms with Crippen LogP contribution in [-0.4, -0.2) is 44.5 Å². The van der Waals surface area contributed by atoms with E-state index in [9.17, 15) is 13.2 Å². The molecule has 0 aromatic heterocycles. The summed E-state index contributed by atoms with van der Waals surface area (Å²) in [4.78, 5) is 11.6. The first-order valence-corrected chi connectivity index (χ1v) is 9.67. The molecule has 0 aliphatic rings. The van der Waals surface area contributed by atoms with Crippen molar-refractivity contribution >= 4 is 40.1 Å². The Kier molecular flexibility index (Phi) is 9.68. The van der Waals surface area contributed by atoms with Crippen LogP contribution < -0.4 is 20.9 Å². The average molecular weight is 398 g/mol. The van der Waals surface area contributed by atoms with Crippen LogP contribution in [0.5, 0.6) is 5.75 Å². The van der Waals surface area contributed by atoms with Crippen molar-refractivity contribution in [3.63, 3.8) is 0 Å². The van der Waals surface area contributed by atoms with Gasteiger partial charge in [0.1, 0.15) is 5.75 Å². The molecule has 0 aliphatic carbocycles. The number of benzene rings is 1. The zero-order valence-corrected chi connectivity index (χ0v) is 16.1. The van der Waals surface area contributed by atoms with Crippen LogP contribution in [0.25, 0.3) is 0 Å². The average Bonchev–Trinajstić information content (AvgIpc) is 2.43. The standard InChI is InChI=1S/C14H23N3O4S2.ClH/c1-14(2,15)10-17-13(18)9-22-8-7-21-11-3-5-12(6-4-11)23(16,19)20;/h3-6H,7-10,15H2,1-2H3,(H,17,18)(H2,16,19,20);1H. The Morgan fingerprint density at radius 1 is 1.29 bits per heavy atom. The summed E-state index contributed by atoms with van der Waals surface area (Å²) in [5.74, 6) is 1.46. The quantitative estimate of drug-likeness (QED) is 0.527. The second-order valence-corrected chi connectivity index (χ2v) is 8.35. The normalized spacial score (nSPS) is 11.5. The molecule has 138 valence electrons. The van der Waals surface area contributed by atoms with E-state index in [0.717, 1.165) is 0 Å². The van der Waals surface area contributed by atoms with E-state index in [1.807, 2.05) is 13.8 Å². The fourth-order valence-electron chi connectivity index (χ4n) is 1.49. The minimum Gasteiger partial charge on any atom is -0.493 e. The lowest BCUT2D eigenvalue weighted by Gasteiger charge is -2.18. The minimum absolute atomic E-state index is 0. The summed E-state index contributed by atoms with van der Waals surface area (Å²) in [7, 11) is -3.69. The molecule has 0 heterocycles. The number of hydrogen-bond donors (Lipinski definition) is 3. The second-order valence-electron chi connectivity index (χ2n) is 5.68. The molecule has 0 fully saturated rings. The molecule has 24 heavy (non-hydrogen) atoms. The molecule has 0 unspecified atom stereocenters. The number of primary sulfonamides is 1. The van der Waals surface area contributed by atoms with Gasteiger partial charge in [0.15, 0.2) is 0 Å². The molecule has 0 saturated carbocycles. The van der Waals surface area contributed by atoms with Crippen LogP contribution in [0.4, 0.5) is 0 Å². The van der Waals surface area contributed by atoms with Crippen molar-refractivity contribution in [2.24, 2.45) is 10.9 Å². The highest BCUT2D eigenvalue weighted by molar-refractivity contribution is 7.99. The molecule has 0 saturated heterocycles. The molecule has 0 atom stereocenters. The maximum absolute atomic E-state index is 11.6. The predicted molar refractivity (Wildman–Crippen MR) is 99.2 cm³/mol. The number of ether oxygens (including phenoxy) is 1. The third-order valence-electron chi connectivity index (χ3n) is 2.62. The molecule has 1 aromatic rings. The van der Waals surface area contributed by atoms with Gasteiger partial charge in [0.25, 0.3) is 0 Å². The summed E-state index contributed by atoms with van der Waals surface area (Å²) in [6.07, 6.45) is 0. The molecule has 1 amide bonds. The van der Waals surface area contributed by atoms with Gasteiger partial charge in [-0.1, -0.05) is 0 Å². The van der Waals surface area contributed by atoms with Crippen molar-refractivity contribution < 1.29 is 17.9 Å². The Hall–Kier alpha value is -1.00. The highest BCUT2D eigenvalue weighted by Crippen LogP contribution is 2.15. The van der Waals surface area contributed by atoms with Crippen LogP contribution in [0, 0.1) is 0 Å². The fourth-order valence-corrected chi connectivity index (χ4v) is 2.63. The number of sulfonamides is 1. The number of halogens is 1. The zero-order chi connectivity index (χ0) is 17.5. The van der Waals surface area contributed by atoms with E-state index in [1.165, 1.54) is 23.9 Å². The summed E-state index contributed by atoms with van der Waals surface area (Å²) >= 11 is 1.44. The van der Waals surface area contributed by atoms with Crippen molar-refractivity contribution in [2.75, 3.05) is 24.7 Å². The number of rotatable bonds is 9. The monoisotopic (exact) mass is 397 g/mol. The second kappa shape index (κ2) is 10.1. The van der Waals surface area contributed by atoms with Gasteiger partial charge in [-0.3, -0.25) is 4.79 Å².